The molecule has 0 aliphatic carbocycles. The Bertz CT molecular complexity index is 697. The highest BCUT2D eigenvalue weighted by Crippen LogP contribution is 2.26. The van der Waals surface area contributed by atoms with E-state index < -0.39 is 0 Å². The monoisotopic (exact) mass is 339 g/mol. The number of rotatable bonds is 7. The van der Waals surface area contributed by atoms with Crippen LogP contribution in [0.5, 0.6) is 5.75 Å². The molecule has 1 amide bonds. The lowest BCUT2D eigenvalue weighted by atomic mass is 9.97. The molecule has 1 aliphatic rings. The van der Waals surface area contributed by atoms with E-state index in [0.717, 1.165) is 25.0 Å². The zero-order chi connectivity index (χ0) is 17.5. The van der Waals surface area contributed by atoms with E-state index in [2.05, 4.69) is 24.4 Å². The van der Waals surface area contributed by atoms with Crippen molar-refractivity contribution in [2.45, 2.75) is 32.3 Å². The van der Waals surface area contributed by atoms with Gasteiger partial charge in [-0.15, -0.1) is 0 Å². The van der Waals surface area contributed by atoms with Crippen LogP contribution < -0.4 is 10.1 Å². The number of ether oxygens (including phenoxy) is 2. The molecule has 2 aromatic rings. The molecular weight excluding hydrogens is 314 g/mol. The summed E-state index contributed by atoms with van der Waals surface area (Å²) in [6.07, 6.45) is 2.99. The molecule has 0 aromatic heterocycles. The van der Waals surface area contributed by atoms with Crippen molar-refractivity contribution in [3.63, 3.8) is 0 Å². The fraction of sp³-hybridized carbons (Fsp3) is 0.381. The van der Waals surface area contributed by atoms with Crippen molar-refractivity contribution in [3.05, 3.63) is 65.2 Å². The van der Waals surface area contributed by atoms with Crippen LogP contribution in [0.1, 0.15) is 47.4 Å². The van der Waals surface area contributed by atoms with E-state index in [1.165, 1.54) is 11.1 Å². The minimum Gasteiger partial charge on any atom is -0.494 e. The van der Waals surface area contributed by atoms with Gasteiger partial charge in [0.1, 0.15) is 11.9 Å². The molecule has 4 heteroatoms. The summed E-state index contributed by atoms with van der Waals surface area (Å²) in [5.41, 5.74) is 3.11. The van der Waals surface area contributed by atoms with Gasteiger partial charge >= 0.3 is 0 Å². The van der Waals surface area contributed by atoms with E-state index in [0.29, 0.717) is 25.3 Å². The van der Waals surface area contributed by atoms with Crippen LogP contribution in [0.2, 0.25) is 0 Å². The number of benzene rings is 2. The molecule has 2 aromatic carbocycles. The summed E-state index contributed by atoms with van der Waals surface area (Å²) in [6.45, 7) is 4.01. The van der Waals surface area contributed by atoms with Crippen molar-refractivity contribution < 1.29 is 14.3 Å². The third-order valence-electron chi connectivity index (χ3n) is 4.42. The summed E-state index contributed by atoms with van der Waals surface area (Å²) in [6, 6.07) is 15.5. The first kappa shape index (κ1) is 17.5. The van der Waals surface area contributed by atoms with Crippen LogP contribution >= 0.6 is 0 Å². The lowest BCUT2D eigenvalue weighted by Crippen LogP contribution is -2.31. The fourth-order valence-electron chi connectivity index (χ4n) is 2.97. The Morgan fingerprint density at radius 2 is 2.00 bits per heavy atom. The molecule has 0 saturated heterocycles. The van der Waals surface area contributed by atoms with Crippen LogP contribution in [0, 0.1) is 0 Å². The molecule has 1 atom stereocenters. The normalized spacial score (nSPS) is 16.1. The average molecular weight is 339 g/mol. The summed E-state index contributed by atoms with van der Waals surface area (Å²) in [5, 5.41) is 2.98. The minimum absolute atomic E-state index is 0.0782. The third-order valence-corrected chi connectivity index (χ3v) is 4.42. The highest BCUT2D eigenvalue weighted by atomic mass is 16.5. The van der Waals surface area contributed by atoms with Crippen LogP contribution in [0.15, 0.2) is 48.5 Å². The molecule has 1 heterocycles. The second-order valence-corrected chi connectivity index (χ2v) is 6.24. The summed E-state index contributed by atoms with van der Waals surface area (Å²) in [7, 11) is 0. The minimum atomic E-state index is -0.0910. The molecule has 25 heavy (non-hydrogen) atoms. The molecule has 1 N–H and O–H groups in total. The number of amides is 1. The summed E-state index contributed by atoms with van der Waals surface area (Å²) in [4.78, 5) is 12.4. The predicted octanol–water partition coefficient (Wildman–Crippen LogP) is 3.91. The van der Waals surface area contributed by atoms with Crippen molar-refractivity contribution >= 4 is 5.91 Å². The van der Waals surface area contributed by atoms with Gasteiger partial charge in [-0.25, -0.2) is 0 Å². The summed E-state index contributed by atoms with van der Waals surface area (Å²) in [5.74, 6) is 0.710. The maximum atomic E-state index is 12.4. The number of nitrogens with one attached hydrogen (secondary N) is 1. The van der Waals surface area contributed by atoms with Crippen molar-refractivity contribution in [1.82, 2.24) is 5.32 Å². The highest BCUT2D eigenvalue weighted by molar-refractivity contribution is 5.94. The van der Waals surface area contributed by atoms with E-state index in [1.807, 2.05) is 24.3 Å². The molecule has 0 spiro atoms. The number of carbonyl (C=O) groups is 1. The Morgan fingerprint density at radius 3 is 2.80 bits per heavy atom. The lowest BCUT2D eigenvalue weighted by Gasteiger charge is -2.26. The topological polar surface area (TPSA) is 47.6 Å². The smallest absolute Gasteiger partial charge is 0.251 e. The van der Waals surface area contributed by atoms with Crippen molar-refractivity contribution in [3.8, 4) is 5.75 Å². The van der Waals surface area contributed by atoms with Gasteiger partial charge in [0.25, 0.3) is 5.91 Å². The maximum absolute atomic E-state index is 12.4. The van der Waals surface area contributed by atoms with Crippen molar-refractivity contribution in [2.24, 2.45) is 0 Å². The number of carbonyl (C=O) groups excluding carboxylic acids is 1. The van der Waals surface area contributed by atoms with Crippen molar-refractivity contribution in [1.29, 1.82) is 0 Å². The molecule has 132 valence electrons. The standard InChI is InChI=1S/C21H25NO3/c1-2-3-13-24-18-10-8-17(9-11-18)21(23)22-15-20-19-7-5-4-6-16(19)12-14-25-20/h4-11,20H,2-3,12-15H2,1H3,(H,22,23)/t20-/m1/s1. The van der Waals surface area contributed by atoms with E-state index >= 15 is 0 Å². The van der Waals surface area contributed by atoms with E-state index in [-0.39, 0.29) is 12.0 Å². The molecule has 0 radical (unpaired) electrons. The van der Waals surface area contributed by atoms with E-state index in [4.69, 9.17) is 9.47 Å². The van der Waals surface area contributed by atoms with Gasteiger partial charge in [0.15, 0.2) is 0 Å². The van der Waals surface area contributed by atoms with Crippen LogP contribution in [0.25, 0.3) is 0 Å². The Morgan fingerprint density at radius 1 is 1.20 bits per heavy atom. The van der Waals surface area contributed by atoms with Crippen LogP contribution in [-0.2, 0) is 11.2 Å². The van der Waals surface area contributed by atoms with Crippen molar-refractivity contribution in [2.75, 3.05) is 19.8 Å². The molecule has 0 fully saturated rings. The largest absolute Gasteiger partial charge is 0.494 e. The molecule has 0 unspecified atom stereocenters. The Labute approximate surface area is 149 Å². The average Bonchev–Trinajstić information content (AvgIpc) is 2.67. The van der Waals surface area contributed by atoms with Gasteiger partial charge in [-0.2, -0.15) is 0 Å². The Hall–Kier alpha value is -2.33. The van der Waals surface area contributed by atoms with Crippen LogP contribution in [0.3, 0.4) is 0 Å². The third kappa shape index (κ3) is 4.60. The second kappa shape index (κ2) is 8.67. The molecule has 0 bridgehead atoms. The zero-order valence-corrected chi connectivity index (χ0v) is 14.7. The van der Waals surface area contributed by atoms with Gasteiger partial charge in [-0.1, -0.05) is 37.6 Å². The van der Waals surface area contributed by atoms with Gasteiger partial charge in [0.05, 0.1) is 13.2 Å². The maximum Gasteiger partial charge on any atom is 0.251 e. The van der Waals surface area contributed by atoms with Gasteiger partial charge in [0, 0.05) is 12.1 Å². The van der Waals surface area contributed by atoms with Gasteiger partial charge in [-0.05, 0) is 48.2 Å². The zero-order valence-electron chi connectivity index (χ0n) is 14.7. The molecule has 3 rings (SSSR count). The first-order chi connectivity index (χ1) is 12.3. The molecule has 4 nitrogen and oxygen atoms in total. The SMILES string of the molecule is CCCCOc1ccc(C(=O)NC[C@H]2OCCc3ccccc32)cc1. The van der Waals surface area contributed by atoms with Crippen LogP contribution in [-0.4, -0.2) is 25.7 Å². The number of hydrogen-bond donors (Lipinski definition) is 1. The Balaban J connectivity index is 1.54. The van der Waals surface area contributed by atoms with Gasteiger partial charge in [-0.3, -0.25) is 4.79 Å². The fourth-order valence-corrected chi connectivity index (χ4v) is 2.97. The molecule has 1 aliphatic heterocycles. The first-order valence-corrected chi connectivity index (χ1v) is 8.98. The quantitative estimate of drug-likeness (QED) is 0.778. The number of fused-ring (bicyclic) bond motifs is 1. The highest BCUT2D eigenvalue weighted by Gasteiger charge is 2.21. The number of hydrogen-bond acceptors (Lipinski definition) is 3. The first-order valence-electron chi connectivity index (χ1n) is 8.98. The second-order valence-electron chi connectivity index (χ2n) is 6.24. The summed E-state index contributed by atoms with van der Waals surface area (Å²) >= 11 is 0. The van der Waals surface area contributed by atoms with Gasteiger partial charge in [0.2, 0.25) is 0 Å². The van der Waals surface area contributed by atoms with E-state index in [1.54, 1.807) is 12.1 Å². The summed E-state index contributed by atoms with van der Waals surface area (Å²) < 4.78 is 11.5. The molecular formula is C21H25NO3. The molecule has 0 saturated carbocycles. The Kier molecular flexibility index (Phi) is 6.07. The lowest BCUT2D eigenvalue weighted by molar-refractivity contribution is 0.0411. The predicted molar refractivity (Wildman–Crippen MR) is 98.0 cm³/mol. The van der Waals surface area contributed by atoms with E-state index in [9.17, 15) is 4.79 Å². The number of unbranched alkanes of at least 4 members (excludes halogenated alkanes) is 1. The van der Waals surface area contributed by atoms with Gasteiger partial charge < -0.3 is 14.8 Å². The van der Waals surface area contributed by atoms with Crippen LogP contribution in [0.4, 0.5) is 0 Å².